The van der Waals surface area contributed by atoms with Gasteiger partial charge in [0.15, 0.2) is 5.78 Å². The van der Waals surface area contributed by atoms with Crippen LogP contribution >= 0.6 is 0 Å². The van der Waals surface area contributed by atoms with Crippen molar-refractivity contribution in [2.45, 2.75) is 0 Å². The van der Waals surface area contributed by atoms with Gasteiger partial charge in [-0.15, -0.1) is 0 Å². The number of ketones is 1. The van der Waals surface area contributed by atoms with E-state index in [9.17, 15) is 9.59 Å². The van der Waals surface area contributed by atoms with E-state index in [2.05, 4.69) is 0 Å². The lowest BCUT2D eigenvalue weighted by molar-refractivity contribution is 0.0602. The molecule has 0 fully saturated rings. The minimum atomic E-state index is -0.447. The van der Waals surface area contributed by atoms with E-state index < -0.39 is 5.97 Å². The highest BCUT2D eigenvalue weighted by molar-refractivity contribution is 6.15. The molecule has 0 saturated carbocycles. The fraction of sp³-hybridized carbons (Fsp3) is 0.0476. The predicted molar refractivity (Wildman–Crippen MR) is 94.2 cm³/mol. The molecule has 0 aromatic heterocycles. The van der Waals surface area contributed by atoms with E-state index in [4.69, 9.17) is 4.74 Å². The summed E-state index contributed by atoms with van der Waals surface area (Å²) in [6.07, 6.45) is 3.29. The zero-order chi connectivity index (χ0) is 16.9. The van der Waals surface area contributed by atoms with Gasteiger partial charge in [-0.3, -0.25) is 4.79 Å². The van der Waals surface area contributed by atoms with Crippen LogP contribution in [-0.2, 0) is 4.74 Å². The molecular weight excluding hydrogens is 300 g/mol. The number of hydrogen-bond donors (Lipinski definition) is 0. The molecule has 118 valence electrons. The number of fused-ring (bicyclic) bond motifs is 1. The summed E-state index contributed by atoms with van der Waals surface area (Å²) in [4.78, 5) is 24.6. The Bertz CT molecular complexity index is 879. The largest absolute Gasteiger partial charge is 0.465 e. The van der Waals surface area contributed by atoms with E-state index in [-0.39, 0.29) is 5.78 Å². The summed E-state index contributed by atoms with van der Waals surface area (Å²) in [5.41, 5.74) is 3.29. The first-order valence-corrected chi connectivity index (χ1v) is 7.58. The molecule has 0 aliphatic heterocycles. The minimum absolute atomic E-state index is 0.148. The molecule has 0 spiro atoms. The molecule has 0 unspecified atom stereocenters. The minimum Gasteiger partial charge on any atom is -0.465 e. The number of allylic oxidation sites excluding steroid dienone is 1. The second-order valence-electron chi connectivity index (χ2n) is 5.31. The Balaban J connectivity index is 2.02. The van der Waals surface area contributed by atoms with Crippen LogP contribution in [0, 0.1) is 0 Å². The molecule has 2 aliphatic rings. The lowest BCUT2D eigenvalue weighted by atomic mass is 10.0. The zero-order valence-electron chi connectivity index (χ0n) is 13.2. The second-order valence-corrected chi connectivity index (χ2v) is 5.31. The van der Waals surface area contributed by atoms with Crippen LogP contribution in [0.2, 0.25) is 0 Å². The topological polar surface area (TPSA) is 43.4 Å². The summed E-state index contributed by atoms with van der Waals surface area (Å²) in [5.74, 6) is -0.595. The Kier molecular flexibility index (Phi) is 4.52. The average molecular weight is 316 g/mol. The van der Waals surface area contributed by atoms with Crippen LogP contribution in [0.15, 0.2) is 72.8 Å². The normalized spacial score (nSPS) is 10.9. The highest BCUT2D eigenvalue weighted by atomic mass is 16.5. The molecule has 0 radical (unpaired) electrons. The van der Waals surface area contributed by atoms with Crippen LogP contribution in [-0.4, -0.2) is 18.9 Å². The Hall–Kier alpha value is -3.20. The van der Waals surface area contributed by atoms with E-state index >= 15 is 0 Å². The van der Waals surface area contributed by atoms with E-state index in [1.54, 1.807) is 12.1 Å². The molecule has 0 atom stereocenters. The third-order valence-electron chi connectivity index (χ3n) is 3.80. The number of hydrogen-bond acceptors (Lipinski definition) is 3. The molecule has 3 rings (SSSR count). The first kappa shape index (κ1) is 15.7. The van der Waals surface area contributed by atoms with E-state index in [0.717, 1.165) is 11.1 Å². The highest BCUT2D eigenvalue weighted by Gasteiger charge is 2.22. The van der Waals surface area contributed by atoms with Gasteiger partial charge in [0.1, 0.15) is 0 Å². The number of carbonyl (C=O) groups excluding carboxylic acids is 2. The average Bonchev–Trinajstić information content (AvgIpc) is 2.81. The van der Waals surface area contributed by atoms with Gasteiger partial charge < -0.3 is 4.74 Å². The second kappa shape index (κ2) is 6.92. The number of ether oxygens (including phenoxy) is 1. The molecule has 0 N–H and O–H groups in total. The summed E-state index contributed by atoms with van der Waals surface area (Å²) < 4.78 is 4.83. The van der Waals surface area contributed by atoms with Gasteiger partial charge in [-0.05, 0) is 28.8 Å². The third kappa shape index (κ3) is 3.10. The molecule has 1 aromatic carbocycles. The Labute approximate surface area is 140 Å². The first-order chi connectivity index (χ1) is 11.7. The van der Waals surface area contributed by atoms with Crippen molar-refractivity contribution in [2.75, 3.05) is 7.11 Å². The maximum Gasteiger partial charge on any atom is 0.338 e. The monoisotopic (exact) mass is 316 g/mol. The van der Waals surface area contributed by atoms with Gasteiger partial charge in [0.25, 0.3) is 0 Å². The highest BCUT2D eigenvalue weighted by Crippen LogP contribution is 2.32. The quantitative estimate of drug-likeness (QED) is 0.405. The van der Waals surface area contributed by atoms with Gasteiger partial charge in [-0.2, -0.15) is 0 Å². The van der Waals surface area contributed by atoms with Crippen molar-refractivity contribution in [3.63, 3.8) is 0 Å². The number of benzene rings is 1. The van der Waals surface area contributed by atoms with Crippen molar-refractivity contribution in [3.05, 3.63) is 89.5 Å². The van der Waals surface area contributed by atoms with Crippen molar-refractivity contribution in [1.29, 1.82) is 0 Å². The summed E-state index contributed by atoms with van der Waals surface area (Å²) in [6, 6.07) is 20.4. The molecule has 1 aromatic rings. The molecule has 2 aliphatic carbocycles. The van der Waals surface area contributed by atoms with Gasteiger partial charge in [-0.25, -0.2) is 4.79 Å². The standard InChI is InChI=1S/C21H16O3/c1-24-21(23)19-14-18(16-10-6-3-7-11-17(16)19)20(22)13-12-15-8-4-2-5-9-15/h2-14H,1H3/b13-12+. The fourth-order valence-corrected chi connectivity index (χ4v) is 2.63. The molecule has 0 saturated heterocycles. The van der Waals surface area contributed by atoms with E-state index in [1.807, 2.05) is 60.7 Å². The van der Waals surface area contributed by atoms with Crippen molar-refractivity contribution in [2.24, 2.45) is 0 Å². The van der Waals surface area contributed by atoms with Crippen LogP contribution in [0.1, 0.15) is 26.3 Å². The fourth-order valence-electron chi connectivity index (χ4n) is 2.63. The van der Waals surface area contributed by atoms with Crippen LogP contribution in [0.25, 0.3) is 17.2 Å². The lowest BCUT2D eigenvalue weighted by Gasteiger charge is -1.99. The lowest BCUT2D eigenvalue weighted by Crippen LogP contribution is -2.00. The molecule has 24 heavy (non-hydrogen) atoms. The van der Waals surface area contributed by atoms with E-state index in [0.29, 0.717) is 16.7 Å². The van der Waals surface area contributed by atoms with Crippen molar-refractivity contribution in [1.82, 2.24) is 0 Å². The van der Waals surface area contributed by atoms with Gasteiger partial charge in [0.05, 0.1) is 12.7 Å². The molecule has 3 nitrogen and oxygen atoms in total. The molecule has 0 heterocycles. The number of esters is 1. The summed E-state index contributed by atoms with van der Waals surface area (Å²) >= 11 is 0. The molecular formula is C21H16O3. The SMILES string of the molecule is COC(=O)c1cc(C(=O)/C=C/c2ccccc2)c2cccccc1-2. The maximum absolute atomic E-state index is 12.6. The molecule has 0 bridgehead atoms. The predicted octanol–water partition coefficient (Wildman–Crippen LogP) is 4.47. The van der Waals surface area contributed by atoms with Crippen LogP contribution < -0.4 is 0 Å². The van der Waals surface area contributed by atoms with Crippen molar-refractivity contribution >= 4 is 17.8 Å². The van der Waals surface area contributed by atoms with Crippen LogP contribution in [0.4, 0.5) is 0 Å². The first-order valence-electron chi connectivity index (χ1n) is 7.58. The maximum atomic E-state index is 12.6. The summed E-state index contributed by atoms with van der Waals surface area (Å²) in [6.45, 7) is 0. The van der Waals surface area contributed by atoms with Gasteiger partial charge in [-0.1, -0.05) is 66.7 Å². The molecule has 0 amide bonds. The van der Waals surface area contributed by atoms with Gasteiger partial charge >= 0.3 is 5.97 Å². The third-order valence-corrected chi connectivity index (χ3v) is 3.80. The van der Waals surface area contributed by atoms with Gasteiger partial charge in [0, 0.05) is 5.56 Å². The van der Waals surface area contributed by atoms with Crippen LogP contribution in [0.5, 0.6) is 0 Å². The summed E-state index contributed by atoms with van der Waals surface area (Å²) in [5, 5.41) is 0. The number of methoxy groups -OCH3 is 1. The van der Waals surface area contributed by atoms with Crippen molar-refractivity contribution < 1.29 is 14.3 Å². The van der Waals surface area contributed by atoms with Crippen molar-refractivity contribution in [3.8, 4) is 11.1 Å². The zero-order valence-corrected chi connectivity index (χ0v) is 13.2. The van der Waals surface area contributed by atoms with Crippen LogP contribution in [0.3, 0.4) is 0 Å². The van der Waals surface area contributed by atoms with Gasteiger partial charge in [0.2, 0.25) is 0 Å². The number of rotatable bonds is 4. The Morgan fingerprint density at radius 3 is 2.04 bits per heavy atom. The number of carbonyl (C=O) groups is 2. The Morgan fingerprint density at radius 2 is 1.42 bits per heavy atom. The summed E-state index contributed by atoms with van der Waals surface area (Å²) in [7, 11) is 1.33. The van der Waals surface area contributed by atoms with E-state index in [1.165, 1.54) is 13.2 Å². The molecule has 3 heteroatoms. The Morgan fingerprint density at radius 1 is 0.833 bits per heavy atom. The smallest absolute Gasteiger partial charge is 0.338 e.